The molecule has 0 aliphatic carbocycles. The molecular formula is C22H27FO3S. The largest absolute Gasteiger partial charge is 0.376 e. The van der Waals surface area contributed by atoms with Gasteiger partial charge in [0.2, 0.25) is 0 Å². The minimum Gasteiger partial charge on any atom is -0.376 e. The van der Waals surface area contributed by atoms with E-state index >= 15 is 0 Å². The number of hydrogen-bond donors (Lipinski definition) is 0. The summed E-state index contributed by atoms with van der Waals surface area (Å²) in [6.07, 6.45) is -1.71. The Hall–Kier alpha value is -1.40. The molecule has 1 aliphatic rings. The van der Waals surface area contributed by atoms with Crippen molar-refractivity contribution in [1.82, 2.24) is 0 Å². The number of thioether (sulfide) groups is 1. The maximum absolute atomic E-state index is 14.7. The number of hydrogen-bond acceptors (Lipinski definition) is 4. The molecule has 1 heterocycles. The van der Waals surface area contributed by atoms with Crippen LogP contribution in [0.15, 0.2) is 48.5 Å². The first-order valence-corrected chi connectivity index (χ1v) is 10.1. The fourth-order valence-corrected chi connectivity index (χ4v) is 4.38. The molecule has 5 heteroatoms. The van der Waals surface area contributed by atoms with Gasteiger partial charge in [-0.15, -0.1) is 11.8 Å². The second kappa shape index (κ2) is 9.69. The fraction of sp³-hybridized carbons (Fsp3) is 0.455. The molecule has 0 radical (unpaired) electrons. The molecule has 1 aliphatic heterocycles. The van der Waals surface area contributed by atoms with Crippen LogP contribution in [-0.4, -0.2) is 36.7 Å². The van der Waals surface area contributed by atoms with Gasteiger partial charge < -0.3 is 14.2 Å². The van der Waals surface area contributed by atoms with E-state index in [0.717, 1.165) is 11.1 Å². The number of rotatable bonds is 8. The Morgan fingerprint density at radius 3 is 2.00 bits per heavy atom. The van der Waals surface area contributed by atoms with Crippen LogP contribution in [0.3, 0.4) is 0 Å². The average Bonchev–Trinajstić information content (AvgIpc) is 2.98. The molecule has 0 N–H and O–H groups in total. The highest BCUT2D eigenvalue weighted by atomic mass is 32.2. The van der Waals surface area contributed by atoms with Crippen LogP contribution in [0.4, 0.5) is 4.39 Å². The molecular weight excluding hydrogens is 363 g/mol. The van der Waals surface area contributed by atoms with Crippen LogP contribution < -0.4 is 0 Å². The van der Waals surface area contributed by atoms with Crippen LogP contribution in [0.25, 0.3) is 0 Å². The molecule has 1 unspecified atom stereocenters. The Kier molecular flexibility index (Phi) is 7.30. The summed E-state index contributed by atoms with van der Waals surface area (Å²) in [4.78, 5) is 0. The number of halogens is 1. The molecule has 3 rings (SSSR count). The molecule has 0 saturated carbocycles. The van der Waals surface area contributed by atoms with E-state index in [9.17, 15) is 4.39 Å². The third-order valence-corrected chi connectivity index (χ3v) is 6.19. The summed E-state index contributed by atoms with van der Waals surface area (Å²) in [5.74, 6) is 0. The zero-order valence-corrected chi connectivity index (χ0v) is 16.9. The summed E-state index contributed by atoms with van der Waals surface area (Å²) in [5.41, 5.74) is 4.05. The van der Waals surface area contributed by atoms with Crippen LogP contribution >= 0.6 is 11.8 Å². The van der Waals surface area contributed by atoms with Crippen LogP contribution in [0, 0.1) is 13.8 Å². The van der Waals surface area contributed by atoms with Gasteiger partial charge in [0, 0.05) is 7.11 Å². The summed E-state index contributed by atoms with van der Waals surface area (Å²) >= 11 is 1.45. The minimum atomic E-state index is -1.17. The zero-order chi connectivity index (χ0) is 19.2. The van der Waals surface area contributed by atoms with E-state index in [4.69, 9.17) is 14.2 Å². The van der Waals surface area contributed by atoms with Gasteiger partial charge >= 0.3 is 0 Å². The zero-order valence-electron chi connectivity index (χ0n) is 16.1. The van der Waals surface area contributed by atoms with Crippen molar-refractivity contribution in [2.45, 2.75) is 50.0 Å². The molecule has 0 bridgehead atoms. The van der Waals surface area contributed by atoms with Crippen molar-refractivity contribution in [3.05, 3.63) is 70.8 Å². The molecule has 0 amide bonds. The summed E-state index contributed by atoms with van der Waals surface area (Å²) in [6.45, 7) is 5.42. The van der Waals surface area contributed by atoms with Crippen LogP contribution in [-0.2, 0) is 27.4 Å². The average molecular weight is 391 g/mol. The predicted octanol–water partition coefficient (Wildman–Crippen LogP) is 4.83. The van der Waals surface area contributed by atoms with Crippen LogP contribution in [0.5, 0.6) is 0 Å². The van der Waals surface area contributed by atoms with Gasteiger partial charge in [-0.25, -0.2) is 4.39 Å². The highest BCUT2D eigenvalue weighted by Crippen LogP contribution is 2.39. The van der Waals surface area contributed by atoms with E-state index in [0.29, 0.717) is 19.8 Å². The molecule has 0 spiro atoms. The Bertz CT molecular complexity index is 705. The number of benzene rings is 2. The van der Waals surface area contributed by atoms with Gasteiger partial charge in [-0.05, 0) is 25.0 Å². The van der Waals surface area contributed by atoms with Crippen molar-refractivity contribution in [2.24, 2.45) is 0 Å². The first-order valence-electron chi connectivity index (χ1n) is 9.19. The third kappa shape index (κ3) is 5.55. The van der Waals surface area contributed by atoms with Crippen LogP contribution in [0.2, 0.25) is 0 Å². The van der Waals surface area contributed by atoms with Crippen molar-refractivity contribution in [2.75, 3.05) is 13.7 Å². The normalized spacial score (nSPS) is 25.0. The van der Waals surface area contributed by atoms with Crippen molar-refractivity contribution < 1.29 is 18.6 Å². The number of methoxy groups -OCH3 is 1. The second-order valence-electron chi connectivity index (χ2n) is 6.98. The van der Waals surface area contributed by atoms with Crippen molar-refractivity contribution in [1.29, 1.82) is 0 Å². The molecule has 1 saturated heterocycles. The van der Waals surface area contributed by atoms with Crippen LogP contribution in [0.1, 0.15) is 22.3 Å². The lowest BCUT2D eigenvalue weighted by Gasteiger charge is -2.21. The smallest absolute Gasteiger partial charge is 0.163 e. The molecule has 0 aromatic heterocycles. The summed E-state index contributed by atoms with van der Waals surface area (Å²) in [5, 5.41) is -0.0964. The fourth-order valence-electron chi connectivity index (χ4n) is 3.06. The SMILES string of the molecule is COC1S[C@H](COCc2ccc(C)cc2)[C@@H](OCc2ccc(C)cc2)[C@H]1F. The first kappa shape index (κ1) is 20.3. The maximum atomic E-state index is 14.7. The Morgan fingerprint density at radius 2 is 1.44 bits per heavy atom. The predicted molar refractivity (Wildman–Crippen MR) is 108 cm³/mol. The highest BCUT2D eigenvalue weighted by Gasteiger charge is 2.45. The van der Waals surface area contributed by atoms with Gasteiger partial charge in [0.15, 0.2) is 6.17 Å². The quantitative estimate of drug-likeness (QED) is 0.645. The lowest BCUT2D eigenvalue weighted by Crippen LogP contribution is -2.34. The van der Waals surface area contributed by atoms with Gasteiger partial charge in [-0.3, -0.25) is 0 Å². The van der Waals surface area contributed by atoms with Crippen molar-refractivity contribution in [3.8, 4) is 0 Å². The highest BCUT2D eigenvalue weighted by molar-refractivity contribution is 8.00. The van der Waals surface area contributed by atoms with E-state index in [-0.39, 0.29) is 5.25 Å². The molecule has 27 heavy (non-hydrogen) atoms. The van der Waals surface area contributed by atoms with Gasteiger partial charge in [-0.1, -0.05) is 59.7 Å². The van der Waals surface area contributed by atoms with Gasteiger partial charge in [0.1, 0.15) is 11.5 Å². The van der Waals surface area contributed by atoms with E-state index < -0.39 is 17.7 Å². The van der Waals surface area contributed by atoms with E-state index in [2.05, 4.69) is 31.2 Å². The maximum Gasteiger partial charge on any atom is 0.163 e. The summed E-state index contributed by atoms with van der Waals surface area (Å²) < 4.78 is 31.8. The van der Waals surface area contributed by atoms with Gasteiger partial charge in [0.05, 0.1) is 25.1 Å². The minimum absolute atomic E-state index is 0.0964. The summed E-state index contributed by atoms with van der Waals surface area (Å²) in [7, 11) is 1.54. The van der Waals surface area contributed by atoms with Crippen molar-refractivity contribution in [3.63, 3.8) is 0 Å². The standard InChI is InChI=1S/C22H27FO3S/c1-15-4-8-17(9-5-15)12-25-14-19-21(20(23)22(24-3)27-19)26-13-18-10-6-16(2)7-11-18/h4-11,19-22H,12-14H2,1-3H3/t19-,20-,21-,22?/m1/s1. The molecule has 4 atom stereocenters. The lowest BCUT2D eigenvalue weighted by atomic mass is 10.1. The van der Waals surface area contributed by atoms with E-state index in [1.54, 1.807) is 0 Å². The lowest BCUT2D eigenvalue weighted by molar-refractivity contribution is -0.0447. The third-order valence-electron chi connectivity index (χ3n) is 4.72. The summed E-state index contributed by atoms with van der Waals surface area (Å²) in [6, 6.07) is 16.3. The van der Waals surface area contributed by atoms with Gasteiger partial charge in [-0.2, -0.15) is 0 Å². The first-order chi connectivity index (χ1) is 13.1. The number of alkyl halides is 1. The molecule has 2 aromatic rings. The van der Waals surface area contributed by atoms with Crippen molar-refractivity contribution >= 4 is 11.8 Å². The Labute approximate surface area is 165 Å². The second-order valence-corrected chi connectivity index (χ2v) is 8.33. The Balaban J connectivity index is 1.55. The monoisotopic (exact) mass is 390 g/mol. The van der Waals surface area contributed by atoms with E-state index in [1.807, 2.05) is 31.2 Å². The molecule has 1 fully saturated rings. The molecule has 2 aromatic carbocycles. The number of ether oxygens (including phenoxy) is 3. The van der Waals surface area contributed by atoms with Gasteiger partial charge in [0.25, 0.3) is 0 Å². The topological polar surface area (TPSA) is 27.7 Å². The molecule has 3 nitrogen and oxygen atoms in total. The molecule has 146 valence electrons. The number of aryl methyl sites for hydroxylation is 2. The Morgan fingerprint density at radius 1 is 0.889 bits per heavy atom. The van der Waals surface area contributed by atoms with E-state index in [1.165, 1.54) is 30.0 Å².